The summed E-state index contributed by atoms with van der Waals surface area (Å²) < 4.78 is 0. The minimum absolute atomic E-state index is 0.537. The van der Waals surface area contributed by atoms with Crippen molar-refractivity contribution in [1.82, 2.24) is 5.32 Å². The molecule has 0 aliphatic carbocycles. The first kappa shape index (κ1) is 14.0. The van der Waals surface area contributed by atoms with Gasteiger partial charge in [-0.25, -0.2) is 0 Å². The third-order valence-electron chi connectivity index (χ3n) is 3.01. The summed E-state index contributed by atoms with van der Waals surface area (Å²) in [6, 6.07) is 0. The quantitative estimate of drug-likeness (QED) is 0.554. The van der Waals surface area contributed by atoms with E-state index in [2.05, 4.69) is 26.1 Å². The van der Waals surface area contributed by atoms with Gasteiger partial charge in [0.1, 0.15) is 0 Å². The summed E-state index contributed by atoms with van der Waals surface area (Å²) in [5.41, 5.74) is 0.537. The van der Waals surface area contributed by atoms with Crippen LogP contribution < -0.4 is 5.32 Å². The van der Waals surface area contributed by atoms with Gasteiger partial charge in [0.05, 0.1) is 0 Å². The normalized spacial score (nSPS) is 12.0. The van der Waals surface area contributed by atoms with E-state index < -0.39 is 0 Å². The molecule has 1 N–H and O–H groups in total. The Balaban J connectivity index is 3.35. The Kier molecular flexibility index (Phi) is 8.26. The van der Waals surface area contributed by atoms with Crippen LogP contribution in [-0.4, -0.2) is 13.6 Å². The van der Waals surface area contributed by atoms with Crippen molar-refractivity contribution in [2.24, 2.45) is 5.41 Å². The molecule has 1 nitrogen and oxygen atoms in total. The van der Waals surface area contributed by atoms with E-state index in [0.717, 1.165) is 6.54 Å². The zero-order valence-corrected chi connectivity index (χ0v) is 10.7. The molecule has 0 radical (unpaired) electrons. The van der Waals surface area contributed by atoms with E-state index in [-0.39, 0.29) is 0 Å². The molecule has 1 heteroatoms. The van der Waals surface area contributed by atoms with Crippen molar-refractivity contribution in [3.63, 3.8) is 0 Å². The molecule has 0 spiro atoms. The van der Waals surface area contributed by atoms with E-state index in [1.54, 1.807) is 0 Å². The first-order chi connectivity index (χ1) is 6.62. The molecule has 0 heterocycles. The van der Waals surface area contributed by atoms with E-state index in [4.69, 9.17) is 0 Å². The van der Waals surface area contributed by atoms with Crippen molar-refractivity contribution >= 4 is 0 Å². The van der Waals surface area contributed by atoms with Crippen molar-refractivity contribution in [2.45, 2.75) is 65.7 Å². The number of rotatable bonds is 9. The van der Waals surface area contributed by atoms with Gasteiger partial charge in [0.15, 0.2) is 0 Å². The van der Waals surface area contributed by atoms with Crippen LogP contribution in [0.4, 0.5) is 0 Å². The third-order valence-corrected chi connectivity index (χ3v) is 3.01. The Morgan fingerprint density at radius 1 is 0.929 bits per heavy atom. The largest absolute Gasteiger partial charge is 0.320 e. The van der Waals surface area contributed by atoms with Crippen molar-refractivity contribution < 1.29 is 0 Å². The molecule has 0 aromatic carbocycles. The van der Waals surface area contributed by atoms with Crippen LogP contribution in [0.25, 0.3) is 0 Å². The molecule has 14 heavy (non-hydrogen) atoms. The van der Waals surface area contributed by atoms with Crippen LogP contribution in [0, 0.1) is 5.41 Å². The van der Waals surface area contributed by atoms with Gasteiger partial charge < -0.3 is 5.32 Å². The van der Waals surface area contributed by atoms with Crippen LogP contribution in [0.3, 0.4) is 0 Å². The standard InChI is InChI=1S/C13H29N/c1-5-6-7-8-9-10-13(2,3)11-12-14-4/h14H,5-12H2,1-4H3. The summed E-state index contributed by atoms with van der Waals surface area (Å²) in [6.07, 6.45) is 9.72. The van der Waals surface area contributed by atoms with Crippen LogP contribution in [0.15, 0.2) is 0 Å². The zero-order valence-electron chi connectivity index (χ0n) is 10.7. The second-order valence-corrected chi connectivity index (χ2v) is 5.18. The average molecular weight is 199 g/mol. The highest BCUT2D eigenvalue weighted by Crippen LogP contribution is 2.27. The van der Waals surface area contributed by atoms with Gasteiger partial charge in [0.25, 0.3) is 0 Å². The molecule has 0 saturated heterocycles. The van der Waals surface area contributed by atoms with Crippen molar-refractivity contribution in [2.75, 3.05) is 13.6 Å². The molecule has 0 aromatic rings. The Morgan fingerprint density at radius 3 is 2.14 bits per heavy atom. The Hall–Kier alpha value is -0.0400. The summed E-state index contributed by atoms with van der Waals surface area (Å²) in [4.78, 5) is 0. The number of hydrogen-bond donors (Lipinski definition) is 1. The Bertz CT molecular complexity index is 118. The topological polar surface area (TPSA) is 12.0 Å². The van der Waals surface area contributed by atoms with Crippen LogP contribution in [0.1, 0.15) is 65.7 Å². The lowest BCUT2D eigenvalue weighted by Crippen LogP contribution is -2.19. The van der Waals surface area contributed by atoms with Crippen LogP contribution in [-0.2, 0) is 0 Å². The maximum Gasteiger partial charge on any atom is -0.00468 e. The number of nitrogens with one attached hydrogen (secondary N) is 1. The fourth-order valence-electron chi connectivity index (χ4n) is 1.80. The molecule has 0 rings (SSSR count). The minimum Gasteiger partial charge on any atom is -0.320 e. The summed E-state index contributed by atoms with van der Waals surface area (Å²) in [5, 5.41) is 3.23. The van der Waals surface area contributed by atoms with Gasteiger partial charge in [-0.2, -0.15) is 0 Å². The summed E-state index contributed by atoms with van der Waals surface area (Å²) in [5.74, 6) is 0. The lowest BCUT2D eigenvalue weighted by Gasteiger charge is -2.24. The summed E-state index contributed by atoms with van der Waals surface area (Å²) in [6.45, 7) is 8.22. The predicted octanol–water partition coefficient (Wildman–Crippen LogP) is 3.98. The third kappa shape index (κ3) is 8.55. The highest BCUT2D eigenvalue weighted by Gasteiger charge is 2.15. The molecule has 86 valence electrons. The predicted molar refractivity (Wildman–Crippen MR) is 65.7 cm³/mol. The van der Waals surface area contributed by atoms with Crippen LogP contribution in [0.5, 0.6) is 0 Å². The highest BCUT2D eigenvalue weighted by molar-refractivity contribution is 4.69. The van der Waals surface area contributed by atoms with Gasteiger partial charge in [-0.3, -0.25) is 0 Å². The molecule has 0 aliphatic heterocycles. The fraction of sp³-hybridized carbons (Fsp3) is 1.00. The SMILES string of the molecule is CCCCCCCC(C)(C)CCNC. The minimum atomic E-state index is 0.537. The smallest absolute Gasteiger partial charge is 0.00468 e. The Labute approximate surface area is 90.7 Å². The first-order valence-corrected chi connectivity index (χ1v) is 6.27. The second kappa shape index (κ2) is 8.28. The van der Waals surface area contributed by atoms with Crippen LogP contribution in [0.2, 0.25) is 0 Å². The molecule has 0 bridgehead atoms. The van der Waals surface area contributed by atoms with E-state index >= 15 is 0 Å². The lowest BCUT2D eigenvalue weighted by molar-refractivity contribution is 0.292. The fourth-order valence-corrected chi connectivity index (χ4v) is 1.80. The number of unbranched alkanes of at least 4 members (excludes halogenated alkanes) is 4. The molecule has 0 aliphatic rings. The van der Waals surface area contributed by atoms with E-state index in [0.29, 0.717) is 5.41 Å². The average Bonchev–Trinajstić information content (AvgIpc) is 2.15. The van der Waals surface area contributed by atoms with Crippen LogP contribution >= 0.6 is 0 Å². The van der Waals surface area contributed by atoms with Gasteiger partial charge >= 0.3 is 0 Å². The van der Waals surface area contributed by atoms with E-state index in [1.807, 2.05) is 7.05 Å². The molecule has 0 atom stereocenters. The lowest BCUT2D eigenvalue weighted by atomic mass is 9.83. The summed E-state index contributed by atoms with van der Waals surface area (Å²) >= 11 is 0. The van der Waals surface area contributed by atoms with Gasteiger partial charge in [-0.05, 0) is 31.8 Å². The number of hydrogen-bond acceptors (Lipinski definition) is 1. The van der Waals surface area contributed by atoms with Gasteiger partial charge in [0.2, 0.25) is 0 Å². The molecular weight excluding hydrogens is 170 g/mol. The van der Waals surface area contributed by atoms with Crippen molar-refractivity contribution in [3.8, 4) is 0 Å². The van der Waals surface area contributed by atoms with Gasteiger partial charge in [-0.1, -0.05) is 52.9 Å². The molecule has 0 unspecified atom stereocenters. The molecule has 0 aromatic heterocycles. The van der Waals surface area contributed by atoms with E-state index in [9.17, 15) is 0 Å². The van der Waals surface area contributed by atoms with Gasteiger partial charge in [0, 0.05) is 0 Å². The maximum absolute atomic E-state index is 3.23. The highest BCUT2D eigenvalue weighted by atomic mass is 14.8. The molecule has 0 saturated carbocycles. The monoisotopic (exact) mass is 199 g/mol. The first-order valence-electron chi connectivity index (χ1n) is 6.27. The van der Waals surface area contributed by atoms with E-state index in [1.165, 1.54) is 44.9 Å². The van der Waals surface area contributed by atoms with Crippen molar-refractivity contribution in [3.05, 3.63) is 0 Å². The second-order valence-electron chi connectivity index (χ2n) is 5.18. The summed E-state index contributed by atoms with van der Waals surface area (Å²) in [7, 11) is 2.04. The van der Waals surface area contributed by atoms with Gasteiger partial charge in [-0.15, -0.1) is 0 Å². The van der Waals surface area contributed by atoms with Crippen molar-refractivity contribution in [1.29, 1.82) is 0 Å². The molecule has 0 amide bonds. The molecular formula is C13H29N. The maximum atomic E-state index is 3.23. The Morgan fingerprint density at radius 2 is 1.57 bits per heavy atom. The zero-order chi connectivity index (χ0) is 10.9. The molecule has 0 fully saturated rings.